The number of benzene rings is 1. The Morgan fingerprint density at radius 2 is 2.04 bits per heavy atom. The molecule has 0 bridgehead atoms. The number of hydrogen-bond donors (Lipinski definition) is 1. The van der Waals surface area contributed by atoms with E-state index in [4.69, 9.17) is 0 Å². The molecule has 1 unspecified atom stereocenters. The van der Waals surface area contributed by atoms with E-state index in [0.717, 1.165) is 5.56 Å². The molecule has 1 aromatic carbocycles. The normalized spacial score (nSPS) is 18.5. The van der Waals surface area contributed by atoms with Gasteiger partial charge in [0.1, 0.15) is 23.7 Å². The number of halogens is 1. The summed E-state index contributed by atoms with van der Waals surface area (Å²) in [6, 6.07) is 7.24. The number of aromatic nitrogens is 2. The summed E-state index contributed by atoms with van der Waals surface area (Å²) in [6.07, 6.45) is 1.71. The van der Waals surface area contributed by atoms with E-state index in [1.807, 2.05) is 0 Å². The van der Waals surface area contributed by atoms with Crippen LogP contribution in [-0.2, 0) is 16.4 Å². The summed E-state index contributed by atoms with van der Waals surface area (Å²) in [5.74, 6) is -0.111. The zero-order valence-corrected chi connectivity index (χ0v) is 15.0. The topological polar surface area (TPSA) is 92.3 Å². The molecule has 1 aliphatic heterocycles. The van der Waals surface area contributed by atoms with Crippen molar-refractivity contribution >= 4 is 21.6 Å². The number of sulfone groups is 1. The molecule has 0 saturated carbocycles. The van der Waals surface area contributed by atoms with Crippen molar-refractivity contribution in [2.45, 2.75) is 19.0 Å². The van der Waals surface area contributed by atoms with Crippen molar-refractivity contribution in [3.05, 3.63) is 53.7 Å². The van der Waals surface area contributed by atoms with Crippen LogP contribution in [-0.4, -0.2) is 53.8 Å². The molecule has 2 aromatic rings. The number of carbonyl (C=O) groups excluding carboxylic acids is 1. The van der Waals surface area contributed by atoms with Crippen molar-refractivity contribution in [1.29, 1.82) is 0 Å². The molecule has 1 aliphatic rings. The van der Waals surface area contributed by atoms with Crippen LogP contribution in [0.4, 0.5) is 10.2 Å². The highest BCUT2D eigenvalue weighted by Crippen LogP contribution is 2.18. The Hall–Kier alpha value is -2.55. The molecule has 138 valence electrons. The average molecular weight is 378 g/mol. The Bertz CT molecular complexity index is 902. The van der Waals surface area contributed by atoms with Crippen molar-refractivity contribution in [2.75, 3.05) is 23.9 Å². The van der Waals surface area contributed by atoms with Crippen LogP contribution in [0.5, 0.6) is 0 Å². The maximum Gasteiger partial charge on any atom is 0.272 e. The molecule has 9 heteroatoms. The molecule has 3 rings (SSSR count). The predicted octanol–water partition coefficient (Wildman–Crippen LogP) is 1.49. The van der Waals surface area contributed by atoms with Gasteiger partial charge in [0.25, 0.3) is 5.91 Å². The Labute approximate surface area is 151 Å². The highest BCUT2D eigenvalue weighted by atomic mass is 32.2. The number of carbonyl (C=O) groups is 1. The van der Waals surface area contributed by atoms with Crippen LogP contribution in [0.1, 0.15) is 22.5 Å². The number of rotatable bonds is 5. The Morgan fingerprint density at radius 1 is 1.31 bits per heavy atom. The monoisotopic (exact) mass is 378 g/mol. The van der Waals surface area contributed by atoms with Gasteiger partial charge >= 0.3 is 0 Å². The lowest BCUT2D eigenvalue weighted by Crippen LogP contribution is -2.38. The van der Waals surface area contributed by atoms with Gasteiger partial charge in [0.2, 0.25) is 0 Å². The third-order valence-corrected chi connectivity index (χ3v) is 6.10. The van der Waals surface area contributed by atoms with Crippen molar-refractivity contribution in [2.24, 2.45) is 0 Å². The third kappa shape index (κ3) is 4.34. The van der Waals surface area contributed by atoms with Crippen LogP contribution in [0.25, 0.3) is 0 Å². The molecule has 0 radical (unpaired) electrons. The van der Waals surface area contributed by atoms with Gasteiger partial charge in [0.15, 0.2) is 9.84 Å². The van der Waals surface area contributed by atoms with Crippen molar-refractivity contribution in [1.82, 2.24) is 14.9 Å². The summed E-state index contributed by atoms with van der Waals surface area (Å²) >= 11 is 0. The summed E-state index contributed by atoms with van der Waals surface area (Å²) in [5, 5.41) is 3.06. The summed E-state index contributed by atoms with van der Waals surface area (Å²) in [4.78, 5) is 22.1. The first-order chi connectivity index (χ1) is 12.3. The molecular formula is C17H19FN4O3S. The zero-order valence-electron chi connectivity index (χ0n) is 14.2. The van der Waals surface area contributed by atoms with E-state index in [-0.39, 0.29) is 35.0 Å². The molecule has 1 amide bonds. The summed E-state index contributed by atoms with van der Waals surface area (Å²) < 4.78 is 36.1. The van der Waals surface area contributed by atoms with Crippen LogP contribution < -0.4 is 5.32 Å². The van der Waals surface area contributed by atoms with E-state index in [2.05, 4.69) is 15.3 Å². The lowest BCUT2D eigenvalue weighted by Gasteiger charge is -2.23. The molecule has 7 nitrogen and oxygen atoms in total. The first-order valence-electron chi connectivity index (χ1n) is 8.12. The highest BCUT2D eigenvalue weighted by Gasteiger charge is 2.33. The van der Waals surface area contributed by atoms with E-state index >= 15 is 0 Å². The van der Waals surface area contributed by atoms with Crippen molar-refractivity contribution < 1.29 is 17.6 Å². The zero-order chi connectivity index (χ0) is 18.7. The van der Waals surface area contributed by atoms with Gasteiger partial charge < -0.3 is 10.2 Å². The van der Waals surface area contributed by atoms with Gasteiger partial charge in [-0.2, -0.15) is 0 Å². The fraction of sp³-hybridized carbons (Fsp3) is 0.353. The second-order valence-electron chi connectivity index (χ2n) is 6.24. The number of anilines is 1. The fourth-order valence-electron chi connectivity index (χ4n) is 2.79. The molecule has 1 saturated heterocycles. The fourth-order valence-corrected chi connectivity index (χ4v) is 4.57. The molecule has 0 aliphatic carbocycles. The molecule has 0 spiro atoms. The van der Waals surface area contributed by atoms with E-state index in [1.54, 1.807) is 19.2 Å². The smallest absolute Gasteiger partial charge is 0.272 e. The Morgan fingerprint density at radius 3 is 2.69 bits per heavy atom. The van der Waals surface area contributed by atoms with Crippen LogP contribution >= 0.6 is 0 Å². The molecule has 2 heterocycles. The van der Waals surface area contributed by atoms with Gasteiger partial charge in [-0.25, -0.2) is 22.8 Å². The van der Waals surface area contributed by atoms with Gasteiger partial charge in [-0.1, -0.05) is 12.1 Å². The second kappa shape index (κ2) is 7.36. The summed E-state index contributed by atoms with van der Waals surface area (Å²) in [5.41, 5.74) is 1.06. The first kappa shape index (κ1) is 18.2. The van der Waals surface area contributed by atoms with Gasteiger partial charge in [-0.05, 0) is 24.1 Å². The second-order valence-corrected chi connectivity index (χ2v) is 8.47. The number of nitrogens with one attached hydrogen (secondary N) is 1. The maximum absolute atomic E-state index is 12.9. The van der Waals surface area contributed by atoms with Crippen LogP contribution in [0, 0.1) is 5.82 Å². The number of nitrogens with zero attached hydrogens (tertiary/aromatic N) is 3. The summed E-state index contributed by atoms with van der Waals surface area (Å²) in [6.45, 7) is 0.418. The minimum Gasteiger partial charge on any atom is -0.366 e. The van der Waals surface area contributed by atoms with E-state index in [0.29, 0.717) is 18.8 Å². The minimum absolute atomic E-state index is 0.0179. The van der Waals surface area contributed by atoms with Crippen LogP contribution in [0.3, 0.4) is 0 Å². The first-order valence-corrected chi connectivity index (χ1v) is 9.94. The molecule has 1 N–H and O–H groups in total. The van der Waals surface area contributed by atoms with Crippen molar-refractivity contribution in [3.63, 3.8) is 0 Å². The molecular weight excluding hydrogens is 359 g/mol. The van der Waals surface area contributed by atoms with Gasteiger partial charge in [-0.15, -0.1) is 0 Å². The number of hydrogen-bond acceptors (Lipinski definition) is 6. The minimum atomic E-state index is -3.07. The van der Waals surface area contributed by atoms with Gasteiger partial charge in [0.05, 0.1) is 11.5 Å². The maximum atomic E-state index is 12.9. The standard InChI is InChI=1S/C17H19FN4O3S/c1-22(14-6-7-26(24,25)10-14)17(23)15-8-16(21-11-20-15)19-9-12-2-4-13(18)5-3-12/h2-5,8,11,14H,6-7,9-10H2,1H3,(H,19,20,21). The third-order valence-electron chi connectivity index (χ3n) is 4.35. The molecule has 1 atom stereocenters. The van der Waals surface area contributed by atoms with E-state index in [1.165, 1.54) is 29.4 Å². The highest BCUT2D eigenvalue weighted by molar-refractivity contribution is 7.91. The van der Waals surface area contributed by atoms with Gasteiger partial charge in [0, 0.05) is 25.7 Å². The van der Waals surface area contributed by atoms with Crippen LogP contribution in [0.2, 0.25) is 0 Å². The van der Waals surface area contributed by atoms with Gasteiger partial charge in [-0.3, -0.25) is 4.79 Å². The predicted molar refractivity (Wildman–Crippen MR) is 94.9 cm³/mol. The van der Waals surface area contributed by atoms with Crippen LogP contribution in [0.15, 0.2) is 36.7 Å². The van der Waals surface area contributed by atoms with E-state index in [9.17, 15) is 17.6 Å². The largest absolute Gasteiger partial charge is 0.366 e. The summed E-state index contributed by atoms with van der Waals surface area (Å²) in [7, 11) is -1.49. The molecule has 1 aromatic heterocycles. The average Bonchev–Trinajstić information content (AvgIpc) is 3.00. The Balaban J connectivity index is 1.66. The lowest BCUT2D eigenvalue weighted by molar-refractivity contribution is 0.0741. The lowest BCUT2D eigenvalue weighted by atomic mass is 10.2. The van der Waals surface area contributed by atoms with Crippen molar-refractivity contribution in [3.8, 4) is 0 Å². The number of amides is 1. The van der Waals surface area contributed by atoms with E-state index < -0.39 is 9.84 Å². The quantitative estimate of drug-likeness (QED) is 0.847. The molecule has 1 fully saturated rings. The molecule has 26 heavy (non-hydrogen) atoms. The SMILES string of the molecule is CN(C(=O)c1cc(NCc2ccc(F)cc2)ncn1)C1CCS(=O)(=O)C1. The Kier molecular flexibility index (Phi) is 5.17.